The number of likely N-dealkylation sites (tertiary alicyclic amines) is 1. The van der Waals surface area contributed by atoms with Crippen LogP contribution in [0.3, 0.4) is 0 Å². The van der Waals surface area contributed by atoms with Gasteiger partial charge in [0.15, 0.2) is 0 Å². The Morgan fingerprint density at radius 2 is 2.00 bits per heavy atom. The molecule has 0 radical (unpaired) electrons. The summed E-state index contributed by atoms with van der Waals surface area (Å²) < 4.78 is 0. The lowest BCUT2D eigenvalue weighted by Gasteiger charge is -2.38. The van der Waals surface area contributed by atoms with E-state index < -0.39 is 11.4 Å². The molecule has 1 aliphatic rings. The van der Waals surface area contributed by atoms with E-state index in [0.29, 0.717) is 0 Å². The molecule has 0 aromatic heterocycles. The lowest BCUT2D eigenvalue weighted by molar-refractivity contribution is -0.152. The molecule has 0 spiro atoms. The van der Waals surface area contributed by atoms with Crippen molar-refractivity contribution in [1.82, 2.24) is 4.90 Å². The molecule has 3 nitrogen and oxygen atoms in total. The van der Waals surface area contributed by atoms with Crippen molar-refractivity contribution in [3.63, 3.8) is 0 Å². The van der Waals surface area contributed by atoms with Crippen molar-refractivity contribution >= 4 is 5.97 Å². The predicted molar refractivity (Wildman–Crippen MR) is 65.5 cm³/mol. The summed E-state index contributed by atoms with van der Waals surface area (Å²) in [5.74, 6) is -0.616. The van der Waals surface area contributed by atoms with Gasteiger partial charge in [-0.25, -0.2) is 0 Å². The molecule has 1 saturated heterocycles. The van der Waals surface area contributed by atoms with Crippen LogP contribution in [0.15, 0.2) is 12.2 Å². The fourth-order valence-electron chi connectivity index (χ4n) is 2.27. The summed E-state index contributed by atoms with van der Waals surface area (Å²) in [4.78, 5) is 13.6. The Kier molecular flexibility index (Phi) is 4.54. The first-order valence-electron chi connectivity index (χ1n) is 6.10. The number of nitrogens with zero attached hydrogens (tertiary/aromatic N) is 1. The Hall–Kier alpha value is -0.830. The van der Waals surface area contributed by atoms with E-state index in [2.05, 4.69) is 11.5 Å². The summed E-state index contributed by atoms with van der Waals surface area (Å²) in [6.07, 6.45) is 3.34. The van der Waals surface area contributed by atoms with Crippen LogP contribution in [0.1, 0.15) is 39.5 Å². The van der Waals surface area contributed by atoms with Crippen LogP contribution in [-0.4, -0.2) is 35.6 Å². The van der Waals surface area contributed by atoms with Gasteiger partial charge < -0.3 is 10.0 Å². The topological polar surface area (TPSA) is 40.5 Å². The van der Waals surface area contributed by atoms with Crippen molar-refractivity contribution < 1.29 is 9.90 Å². The third kappa shape index (κ3) is 3.08. The predicted octanol–water partition coefficient (Wildman–Crippen LogP) is 2.53. The zero-order valence-corrected chi connectivity index (χ0v) is 10.5. The van der Waals surface area contributed by atoms with Gasteiger partial charge in [-0.15, -0.1) is 6.58 Å². The van der Waals surface area contributed by atoms with E-state index >= 15 is 0 Å². The summed E-state index contributed by atoms with van der Waals surface area (Å²) in [6, 6.07) is 0. The van der Waals surface area contributed by atoms with E-state index in [0.717, 1.165) is 45.3 Å². The Bertz CT molecular complexity index is 265. The fourth-order valence-corrected chi connectivity index (χ4v) is 2.27. The molecule has 0 amide bonds. The van der Waals surface area contributed by atoms with Crippen molar-refractivity contribution in [2.24, 2.45) is 5.41 Å². The third-order valence-corrected chi connectivity index (χ3v) is 3.80. The minimum absolute atomic E-state index is 0.459. The van der Waals surface area contributed by atoms with Gasteiger partial charge in [0.05, 0.1) is 5.41 Å². The highest BCUT2D eigenvalue weighted by molar-refractivity contribution is 5.74. The lowest BCUT2D eigenvalue weighted by Crippen LogP contribution is -2.44. The SMILES string of the molecule is C=C(C)CCN1CCC(CC)(C(=O)O)CC1. The summed E-state index contributed by atoms with van der Waals surface area (Å²) >= 11 is 0. The Morgan fingerprint density at radius 3 is 2.38 bits per heavy atom. The van der Waals surface area contributed by atoms with Crippen LogP contribution in [0.4, 0.5) is 0 Å². The van der Waals surface area contributed by atoms with Gasteiger partial charge in [-0.2, -0.15) is 0 Å². The molecule has 0 unspecified atom stereocenters. The minimum Gasteiger partial charge on any atom is -0.481 e. The second kappa shape index (κ2) is 5.48. The van der Waals surface area contributed by atoms with E-state index in [1.165, 1.54) is 5.57 Å². The van der Waals surface area contributed by atoms with Gasteiger partial charge in [0, 0.05) is 6.54 Å². The molecule has 0 atom stereocenters. The number of carboxylic acids is 1. The zero-order chi connectivity index (χ0) is 12.2. The monoisotopic (exact) mass is 225 g/mol. The molecule has 16 heavy (non-hydrogen) atoms. The molecule has 1 N–H and O–H groups in total. The molecule has 92 valence electrons. The van der Waals surface area contributed by atoms with Crippen LogP contribution in [0.2, 0.25) is 0 Å². The second-order valence-corrected chi connectivity index (χ2v) is 4.99. The Labute approximate surface area is 98.1 Å². The maximum absolute atomic E-state index is 11.2. The van der Waals surface area contributed by atoms with Crippen molar-refractivity contribution in [1.29, 1.82) is 0 Å². The molecule has 1 aliphatic heterocycles. The van der Waals surface area contributed by atoms with Crippen LogP contribution in [0.5, 0.6) is 0 Å². The van der Waals surface area contributed by atoms with Gasteiger partial charge >= 0.3 is 5.97 Å². The molecule has 0 bridgehead atoms. The first-order valence-corrected chi connectivity index (χ1v) is 6.10. The van der Waals surface area contributed by atoms with E-state index in [9.17, 15) is 9.90 Å². The molecule has 1 heterocycles. The lowest BCUT2D eigenvalue weighted by atomic mass is 9.76. The minimum atomic E-state index is -0.616. The Morgan fingerprint density at radius 1 is 1.44 bits per heavy atom. The molecule has 1 fully saturated rings. The molecule has 0 aliphatic carbocycles. The largest absolute Gasteiger partial charge is 0.481 e. The molecule has 3 heteroatoms. The summed E-state index contributed by atoms with van der Waals surface area (Å²) in [5.41, 5.74) is 0.741. The number of aliphatic carboxylic acids is 1. The van der Waals surface area contributed by atoms with Crippen molar-refractivity contribution in [3.8, 4) is 0 Å². The van der Waals surface area contributed by atoms with Gasteiger partial charge in [-0.3, -0.25) is 4.79 Å². The van der Waals surface area contributed by atoms with Gasteiger partial charge in [-0.1, -0.05) is 12.5 Å². The average molecular weight is 225 g/mol. The standard InChI is InChI=1S/C13H23NO2/c1-4-13(12(15)16)6-9-14(10-7-13)8-5-11(2)3/h2,4-10H2,1,3H3,(H,15,16). The molecule has 0 aromatic carbocycles. The van der Waals surface area contributed by atoms with E-state index in [-0.39, 0.29) is 0 Å². The van der Waals surface area contributed by atoms with Crippen LogP contribution in [0, 0.1) is 5.41 Å². The van der Waals surface area contributed by atoms with Gasteiger partial charge in [-0.05, 0) is 45.7 Å². The van der Waals surface area contributed by atoms with E-state index in [4.69, 9.17) is 0 Å². The number of piperidine rings is 1. The van der Waals surface area contributed by atoms with E-state index in [1.807, 2.05) is 13.8 Å². The number of carboxylic acid groups (broad SMARTS) is 1. The fraction of sp³-hybridized carbons (Fsp3) is 0.769. The van der Waals surface area contributed by atoms with Crippen LogP contribution < -0.4 is 0 Å². The van der Waals surface area contributed by atoms with Gasteiger partial charge in [0.1, 0.15) is 0 Å². The third-order valence-electron chi connectivity index (χ3n) is 3.80. The normalized spacial score (nSPS) is 20.6. The average Bonchev–Trinajstić information content (AvgIpc) is 2.26. The first-order chi connectivity index (χ1) is 7.50. The van der Waals surface area contributed by atoms with Gasteiger partial charge in [0.2, 0.25) is 0 Å². The molecular weight excluding hydrogens is 202 g/mol. The zero-order valence-electron chi connectivity index (χ0n) is 10.5. The molecular formula is C13H23NO2. The van der Waals surface area contributed by atoms with Crippen LogP contribution in [-0.2, 0) is 4.79 Å². The highest BCUT2D eigenvalue weighted by Crippen LogP contribution is 2.35. The summed E-state index contributed by atoms with van der Waals surface area (Å²) in [7, 11) is 0. The van der Waals surface area contributed by atoms with Crippen LogP contribution >= 0.6 is 0 Å². The first kappa shape index (κ1) is 13.2. The highest BCUT2D eigenvalue weighted by atomic mass is 16.4. The van der Waals surface area contributed by atoms with Crippen LogP contribution in [0.25, 0.3) is 0 Å². The second-order valence-electron chi connectivity index (χ2n) is 4.99. The number of carbonyl (C=O) groups is 1. The smallest absolute Gasteiger partial charge is 0.309 e. The number of hydrogen-bond acceptors (Lipinski definition) is 2. The van der Waals surface area contributed by atoms with Crippen molar-refractivity contribution in [2.45, 2.75) is 39.5 Å². The molecule has 0 saturated carbocycles. The van der Waals surface area contributed by atoms with Crippen molar-refractivity contribution in [3.05, 3.63) is 12.2 Å². The van der Waals surface area contributed by atoms with Crippen molar-refractivity contribution in [2.75, 3.05) is 19.6 Å². The quantitative estimate of drug-likeness (QED) is 0.731. The highest BCUT2D eigenvalue weighted by Gasteiger charge is 2.39. The molecule has 1 rings (SSSR count). The number of rotatable bonds is 5. The van der Waals surface area contributed by atoms with Gasteiger partial charge in [0.25, 0.3) is 0 Å². The molecule has 0 aromatic rings. The maximum atomic E-state index is 11.2. The summed E-state index contributed by atoms with van der Waals surface area (Å²) in [5, 5.41) is 9.26. The number of hydrogen-bond donors (Lipinski definition) is 1. The summed E-state index contributed by atoms with van der Waals surface area (Å²) in [6.45, 7) is 10.8. The van der Waals surface area contributed by atoms with E-state index in [1.54, 1.807) is 0 Å². The maximum Gasteiger partial charge on any atom is 0.309 e. The Balaban J connectivity index is 2.43.